The number of nitrogens with zero attached hydrogens (tertiary/aromatic N) is 3. The topological polar surface area (TPSA) is 70.2 Å². The number of anilines is 1. The Morgan fingerprint density at radius 2 is 2.04 bits per heavy atom. The van der Waals surface area contributed by atoms with Gasteiger partial charge in [-0.2, -0.15) is 0 Å². The summed E-state index contributed by atoms with van der Waals surface area (Å²) in [6.07, 6.45) is 8.78. The molecular weight excluding hydrogens is 349 g/mol. The monoisotopic (exact) mass is 375 g/mol. The molecule has 136 valence electrons. The SMILES string of the molecule is CC1(C(=O)NC2CCCN(c3ncccn3)C2)CCCCN1.Cl.Cl. The molecule has 0 bridgehead atoms. The van der Waals surface area contributed by atoms with Gasteiger partial charge in [-0.05, 0) is 51.6 Å². The van der Waals surface area contributed by atoms with Gasteiger partial charge >= 0.3 is 0 Å². The van der Waals surface area contributed by atoms with Crippen molar-refractivity contribution in [3.63, 3.8) is 0 Å². The van der Waals surface area contributed by atoms with Crippen LogP contribution in [0.25, 0.3) is 0 Å². The van der Waals surface area contributed by atoms with Gasteiger partial charge < -0.3 is 15.5 Å². The highest BCUT2D eigenvalue weighted by Gasteiger charge is 2.36. The molecule has 0 spiro atoms. The lowest BCUT2D eigenvalue weighted by molar-refractivity contribution is -0.128. The first kappa shape index (κ1) is 20.9. The molecule has 3 rings (SSSR count). The van der Waals surface area contributed by atoms with E-state index in [0.717, 1.165) is 57.7 Å². The van der Waals surface area contributed by atoms with Crippen LogP contribution in [-0.4, -0.2) is 47.1 Å². The third-order valence-electron chi connectivity index (χ3n) is 4.71. The Morgan fingerprint density at radius 1 is 1.29 bits per heavy atom. The Bertz CT molecular complexity index is 510. The number of amides is 1. The Labute approximate surface area is 156 Å². The second-order valence-corrected chi connectivity index (χ2v) is 6.52. The van der Waals surface area contributed by atoms with Gasteiger partial charge in [0.2, 0.25) is 11.9 Å². The Morgan fingerprint density at radius 3 is 2.71 bits per heavy atom. The minimum absolute atomic E-state index is 0. The number of nitrogens with one attached hydrogen (secondary N) is 2. The highest BCUT2D eigenvalue weighted by molar-refractivity contribution is 5.86. The second-order valence-electron chi connectivity index (χ2n) is 6.52. The van der Waals surface area contributed by atoms with E-state index in [0.29, 0.717) is 0 Å². The van der Waals surface area contributed by atoms with Gasteiger partial charge in [-0.3, -0.25) is 4.79 Å². The van der Waals surface area contributed by atoms with E-state index in [9.17, 15) is 4.79 Å². The predicted molar refractivity (Wildman–Crippen MR) is 100 cm³/mol. The van der Waals surface area contributed by atoms with Crippen LogP contribution in [0, 0.1) is 0 Å². The van der Waals surface area contributed by atoms with Crippen molar-refractivity contribution in [2.75, 3.05) is 24.5 Å². The van der Waals surface area contributed by atoms with Crippen LogP contribution in [-0.2, 0) is 4.79 Å². The first-order valence-corrected chi connectivity index (χ1v) is 8.25. The van der Waals surface area contributed by atoms with Crippen LogP contribution in [0.5, 0.6) is 0 Å². The summed E-state index contributed by atoms with van der Waals surface area (Å²) in [5.74, 6) is 0.886. The van der Waals surface area contributed by atoms with Gasteiger partial charge in [0.1, 0.15) is 0 Å². The maximum absolute atomic E-state index is 12.6. The van der Waals surface area contributed by atoms with Gasteiger partial charge in [0, 0.05) is 31.5 Å². The number of piperidine rings is 2. The van der Waals surface area contributed by atoms with Crippen LogP contribution in [0.15, 0.2) is 18.5 Å². The maximum atomic E-state index is 12.6. The molecule has 24 heavy (non-hydrogen) atoms. The number of hydrogen-bond donors (Lipinski definition) is 2. The summed E-state index contributed by atoms with van der Waals surface area (Å²) >= 11 is 0. The fourth-order valence-corrected chi connectivity index (χ4v) is 3.33. The van der Waals surface area contributed by atoms with Gasteiger partial charge in [-0.15, -0.1) is 24.8 Å². The smallest absolute Gasteiger partial charge is 0.240 e. The average molecular weight is 376 g/mol. The van der Waals surface area contributed by atoms with Gasteiger partial charge in [0.15, 0.2) is 0 Å². The zero-order chi connectivity index (χ0) is 15.4. The molecule has 2 aliphatic heterocycles. The average Bonchev–Trinajstić information content (AvgIpc) is 2.56. The summed E-state index contributed by atoms with van der Waals surface area (Å²) < 4.78 is 0. The standard InChI is InChI=1S/C16H25N5O.2ClH/c1-16(7-2-3-10-19-16)14(22)20-13-6-4-11-21(12-13)15-17-8-5-9-18-15;;/h5,8-9,13,19H,2-4,6-7,10-12H2,1H3,(H,20,22);2*1H. The fraction of sp³-hybridized carbons (Fsp3) is 0.688. The molecule has 0 aromatic carbocycles. The van der Waals surface area contributed by atoms with Crippen molar-refractivity contribution >= 4 is 36.7 Å². The number of rotatable bonds is 3. The minimum Gasteiger partial charge on any atom is -0.350 e. The van der Waals surface area contributed by atoms with E-state index in [4.69, 9.17) is 0 Å². The van der Waals surface area contributed by atoms with E-state index in [-0.39, 0.29) is 36.8 Å². The van der Waals surface area contributed by atoms with Crippen LogP contribution >= 0.6 is 24.8 Å². The van der Waals surface area contributed by atoms with Crippen molar-refractivity contribution in [1.29, 1.82) is 0 Å². The van der Waals surface area contributed by atoms with Gasteiger partial charge in [-0.25, -0.2) is 9.97 Å². The van der Waals surface area contributed by atoms with Crippen LogP contribution in [0.3, 0.4) is 0 Å². The summed E-state index contributed by atoms with van der Waals surface area (Å²) in [4.78, 5) is 23.4. The lowest BCUT2D eigenvalue weighted by Crippen LogP contribution is -2.60. The summed E-state index contributed by atoms with van der Waals surface area (Å²) in [7, 11) is 0. The molecule has 0 aliphatic carbocycles. The first-order chi connectivity index (χ1) is 10.7. The van der Waals surface area contributed by atoms with E-state index in [1.807, 2.05) is 13.0 Å². The molecule has 0 radical (unpaired) electrons. The van der Waals surface area contributed by atoms with Crippen LogP contribution < -0.4 is 15.5 Å². The third kappa shape index (κ3) is 4.94. The number of carbonyl (C=O) groups is 1. The fourth-order valence-electron chi connectivity index (χ4n) is 3.33. The lowest BCUT2D eigenvalue weighted by atomic mass is 9.89. The Kier molecular flexibility index (Phi) is 8.19. The number of carbonyl (C=O) groups excluding carboxylic acids is 1. The second kappa shape index (κ2) is 9.39. The zero-order valence-electron chi connectivity index (χ0n) is 14.0. The van der Waals surface area contributed by atoms with Crippen molar-refractivity contribution in [2.24, 2.45) is 0 Å². The molecule has 3 heterocycles. The number of halogens is 2. The maximum Gasteiger partial charge on any atom is 0.240 e. The van der Waals surface area contributed by atoms with E-state index < -0.39 is 5.54 Å². The molecule has 8 heteroatoms. The highest BCUT2D eigenvalue weighted by Crippen LogP contribution is 2.20. The number of hydrogen-bond acceptors (Lipinski definition) is 5. The van der Waals surface area contributed by atoms with Crippen molar-refractivity contribution < 1.29 is 4.79 Å². The van der Waals surface area contributed by atoms with E-state index >= 15 is 0 Å². The predicted octanol–water partition coefficient (Wildman–Crippen LogP) is 1.94. The molecular formula is C16H27Cl2N5O. The molecule has 1 amide bonds. The van der Waals surface area contributed by atoms with Crippen molar-refractivity contribution in [1.82, 2.24) is 20.6 Å². The van der Waals surface area contributed by atoms with Crippen LogP contribution in [0.4, 0.5) is 5.95 Å². The molecule has 1 aromatic heterocycles. The summed E-state index contributed by atoms with van der Waals surface area (Å²) in [6.45, 7) is 4.68. The molecule has 6 nitrogen and oxygen atoms in total. The Balaban J connectivity index is 0.00000144. The van der Waals surface area contributed by atoms with E-state index in [1.165, 1.54) is 0 Å². The van der Waals surface area contributed by atoms with Gasteiger partial charge in [0.25, 0.3) is 0 Å². The van der Waals surface area contributed by atoms with Crippen molar-refractivity contribution in [3.05, 3.63) is 18.5 Å². The minimum atomic E-state index is -0.413. The normalized spacial score (nSPS) is 26.7. The van der Waals surface area contributed by atoms with Gasteiger partial charge in [0.05, 0.1) is 5.54 Å². The van der Waals surface area contributed by atoms with Crippen LogP contribution in [0.1, 0.15) is 39.0 Å². The largest absolute Gasteiger partial charge is 0.350 e. The molecule has 2 unspecified atom stereocenters. The van der Waals surface area contributed by atoms with Crippen molar-refractivity contribution in [3.8, 4) is 0 Å². The molecule has 2 atom stereocenters. The zero-order valence-corrected chi connectivity index (χ0v) is 15.7. The summed E-state index contributed by atoms with van der Waals surface area (Å²) in [6, 6.07) is 1.99. The van der Waals surface area contributed by atoms with E-state index in [2.05, 4.69) is 25.5 Å². The number of aromatic nitrogens is 2. The third-order valence-corrected chi connectivity index (χ3v) is 4.71. The summed E-state index contributed by atoms with van der Waals surface area (Å²) in [5, 5.41) is 6.61. The summed E-state index contributed by atoms with van der Waals surface area (Å²) in [5.41, 5.74) is -0.413. The molecule has 0 saturated carbocycles. The van der Waals surface area contributed by atoms with Gasteiger partial charge in [-0.1, -0.05) is 0 Å². The molecule has 2 fully saturated rings. The quantitative estimate of drug-likeness (QED) is 0.844. The molecule has 1 aromatic rings. The molecule has 2 aliphatic rings. The van der Waals surface area contributed by atoms with Crippen molar-refractivity contribution in [2.45, 2.75) is 50.6 Å². The molecule has 2 saturated heterocycles. The van der Waals surface area contributed by atoms with Crippen LogP contribution in [0.2, 0.25) is 0 Å². The first-order valence-electron chi connectivity index (χ1n) is 8.25. The highest BCUT2D eigenvalue weighted by atomic mass is 35.5. The lowest BCUT2D eigenvalue weighted by Gasteiger charge is -2.38. The van der Waals surface area contributed by atoms with E-state index in [1.54, 1.807) is 12.4 Å². The Hall–Kier alpha value is -1.11. The molecule has 2 N–H and O–H groups in total.